The molecule has 2 aromatic rings. The van der Waals surface area contributed by atoms with E-state index in [4.69, 9.17) is 11.6 Å². The molecule has 0 saturated heterocycles. The predicted octanol–water partition coefficient (Wildman–Crippen LogP) is 4.21. The monoisotopic (exact) mass is 356 g/mol. The Morgan fingerprint density at radius 3 is 2.70 bits per heavy atom. The Morgan fingerprint density at radius 2 is 2.10 bits per heavy atom. The lowest BCUT2D eigenvalue weighted by atomic mass is 10.0. The molecule has 3 nitrogen and oxygen atoms in total. The molecular weight excluding hydrogens is 340 g/mol. The van der Waals surface area contributed by atoms with Crippen LogP contribution in [-0.4, -0.2) is 14.9 Å². The number of aryl methyl sites for hydroxylation is 3. The van der Waals surface area contributed by atoms with Gasteiger partial charge in [-0.25, -0.2) is 0 Å². The number of nitrogens with zero attached hydrogens (tertiary/aromatic N) is 2. The van der Waals surface area contributed by atoms with E-state index in [2.05, 4.69) is 21.0 Å². The van der Waals surface area contributed by atoms with Crippen molar-refractivity contribution in [2.75, 3.05) is 0 Å². The van der Waals surface area contributed by atoms with E-state index in [1.165, 1.54) is 0 Å². The van der Waals surface area contributed by atoms with Crippen LogP contribution in [0.2, 0.25) is 5.02 Å². The number of rotatable bonds is 4. The van der Waals surface area contributed by atoms with Crippen molar-refractivity contribution in [2.45, 2.75) is 39.8 Å². The molecule has 0 aliphatic carbocycles. The molecule has 2 rings (SSSR count). The molecule has 108 valence electrons. The van der Waals surface area contributed by atoms with Crippen LogP contribution in [0.25, 0.3) is 0 Å². The van der Waals surface area contributed by atoms with Crippen LogP contribution in [-0.2, 0) is 13.0 Å². The van der Waals surface area contributed by atoms with Gasteiger partial charge in [0.2, 0.25) is 0 Å². The van der Waals surface area contributed by atoms with Gasteiger partial charge >= 0.3 is 0 Å². The number of aliphatic hydroxyl groups excluding tert-OH is 1. The minimum atomic E-state index is -0.566. The zero-order chi connectivity index (χ0) is 14.9. The number of hydrogen-bond acceptors (Lipinski definition) is 2. The fraction of sp³-hybridized carbons (Fsp3) is 0.400. The lowest BCUT2D eigenvalue weighted by molar-refractivity contribution is 0.175. The lowest BCUT2D eigenvalue weighted by Crippen LogP contribution is -2.09. The van der Waals surface area contributed by atoms with Crippen LogP contribution in [0.1, 0.15) is 35.5 Å². The summed E-state index contributed by atoms with van der Waals surface area (Å²) in [7, 11) is 0. The highest BCUT2D eigenvalue weighted by atomic mass is 79.9. The minimum Gasteiger partial charge on any atom is -0.388 e. The molecule has 0 saturated carbocycles. The van der Waals surface area contributed by atoms with Crippen molar-refractivity contribution in [3.63, 3.8) is 0 Å². The molecule has 0 aliphatic rings. The Balaban J connectivity index is 2.27. The first-order valence-corrected chi connectivity index (χ1v) is 7.77. The molecule has 20 heavy (non-hydrogen) atoms. The largest absolute Gasteiger partial charge is 0.388 e. The summed E-state index contributed by atoms with van der Waals surface area (Å²) in [6, 6.07) is 5.63. The average Bonchev–Trinajstić information content (AvgIpc) is 2.69. The molecule has 0 radical (unpaired) electrons. The van der Waals surface area contributed by atoms with Crippen molar-refractivity contribution < 1.29 is 5.11 Å². The van der Waals surface area contributed by atoms with Gasteiger partial charge in [0.1, 0.15) is 0 Å². The molecule has 0 fully saturated rings. The molecule has 1 unspecified atom stereocenters. The van der Waals surface area contributed by atoms with Crippen LogP contribution in [0.4, 0.5) is 0 Å². The maximum atomic E-state index is 10.4. The van der Waals surface area contributed by atoms with E-state index in [1.807, 2.05) is 43.7 Å². The van der Waals surface area contributed by atoms with Gasteiger partial charge in [0, 0.05) is 18.0 Å². The van der Waals surface area contributed by atoms with E-state index in [0.29, 0.717) is 6.42 Å². The van der Waals surface area contributed by atoms with Crippen molar-refractivity contribution in [1.82, 2.24) is 9.78 Å². The molecule has 1 heterocycles. The summed E-state index contributed by atoms with van der Waals surface area (Å²) in [4.78, 5) is 0. The third-order valence-electron chi connectivity index (χ3n) is 3.41. The third-order valence-corrected chi connectivity index (χ3v) is 4.86. The summed E-state index contributed by atoms with van der Waals surface area (Å²) >= 11 is 9.57. The van der Waals surface area contributed by atoms with E-state index in [-0.39, 0.29) is 0 Å². The van der Waals surface area contributed by atoms with Crippen molar-refractivity contribution in [2.24, 2.45) is 0 Å². The maximum absolute atomic E-state index is 10.4. The highest BCUT2D eigenvalue weighted by molar-refractivity contribution is 9.10. The zero-order valence-electron chi connectivity index (χ0n) is 11.8. The molecule has 1 aromatic carbocycles. The summed E-state index contributed by atoms with van der Waals surface area (Å²) in [6.07, 6.45) is -0.0419. The molecule has 0 bridgehead atoms. The van der Waals surface area contributed by atoms with Gasteiger partial charge in [-0.3, -0.25) is 4.68 Å². The van der Waals surface area contributed by atoms with Gasteiger partial charge in [0.15, 0.2) is 0 Å². The molecule has 0 amide bonds. The second-order valence-electron chi connectivity index (χ2n) is 4.89. The Labute approximate surface area is 132 Å². The number of aromatic nitrogens is 2. The van der Waals surface area contributed by atoms with Gasteiger partial charge in [-0.05, 0) is 53.9 Å². The highest BCUT2D eigenvalue weighted by Crippen LogP contribution is 2.28. The minimum absolute atomic E-state index is 0.524. The quantitative estimate of drug-likeness (QED) is 0.890. The van der Waals surface area contributed by atoms with E-state index >= 15 is 0 Å². The number of aliphatic hydroxyl groups is 1. The average molecular weight is 358 g/mol. The number of halogens is 2. The van der Waals surface area contributed by atoms with Gasteiger partial charge in [-0.2, -0.15) is 5.10 Å². The first kappa shape index (κ1) is 15.5. The van der Waals surface area contributed by atoms with Crippen LogP contribution >= 0.6 is 27.5 Å². The fourth-order valence-electron chi connectivity index (χ4n) is 2.24. The van der Waals surface area contributed by atoms with Gasteiger partial charge in [0.25, 0.3) is 0 Å². The molecule has 1 N–H and O–H groups in total. The van der Waals surface area contributed by atoms with Crippen LogP contribution in [0, 0.1) is 13.8 Å². The molecule has 0 aliphatic heterocycles. The van der Waals surface area contributed by atoms with Crippen LogP contribution in [0.3, 0.4) is 0 Å². The Bertz CT molecular complexity index is 625. The fourth-order valence-corrected chi connectivity index (χ4v) is 2.80. The summed E-state index contributed by atoms with van der Waals surface area (Å²) in [5.74, 6) is 0. The first-order chi connectivity index (χ1) is 9.43. The molecule has 0 spiro atoms. The Hall–Kier alpha value is -0.840. The molecule has 5 heteroatoms. The normalized spacial score (nSPS) is 12.7. The maximum Gasteiger partial charge on any atom is 0.0845 e. The first-order valence-electron chi connectivity index (χ1n) is 6.60. The van der Waals surface area contributed by atoms with Gasteiger partial charge in [-0.15, -0.1) is 0 Å². The second kappa shape index (κ2) is 6.29. The van der Waals surface area contributed by atoms with E-state index in [0.717, 1.165) is 38.6 Å². The highest BCUT2D eigenvalue weighted by Gasteiger charge is 2.17. The Kier molecular flexibility index (Phi) is 4.89. The predicted molar refractivity (Wildman–Crippen MR) is 85.2 cm³/mol. The molecular formula is C15H18BrClN2O. The van der Waals surface area contributed by atoms with Crippen LogP contribution in [0.15, 0.2) is 22.7 Å². The summed E-state index contributed by atoms with van der Waals surface area (Å²) in [6.45, 7) is 6.73. The SMILES string of the molecule is CCn1nc(C)c(Br)c1CC(O)c1ccc(Cl)c(C)c1. The number of benzene rings is 1. The van der Waals surface area contributed by atoms with Gasteiger partial charge in [0.05, 0.1) is 22.0 Å². The van der Waals surface area contributed by atoms with E-state index in [9.17, 15) is 5.11 Å². The van der Waals surface area contributed by atoms with E-state index in [1.54, 1.807) is 0 Å². The van der Waals surface area contributed by atoms with Crippen molar-refractivity contribution in [1.29, 1.82) is 0 Å². The standard InChI is InChI=1S/C15H18BrClN2O/c1-4-19-13(15(16)10(3)18-19)8-14(20)11-5-6-12(17)9(2)7-11/h5-7,14,20H,4,8H2,1-3H3. The molecule has 1 aromatic heterocycles. The van der Waals surface area contributed by atoms with Crippen LogP contribution < -0.4 is 0 Å². The number of hydrogen-bond donors (Lipinski definition) is 1. The van der Waals surface area contributed by atoms with Gasteiger partial charge < -0.3 is 5.11 Å². The lowest BCUT2D eigenvalue weighted by Gasteiger charge is -2.14. The third kappa shape index (κ3) is 3.08. The topological polar surface area (TPSA) is 38.0 Å². The molecule has 1 atom stereocenters. The smallest absolute Gasteiger partial charge is 0.0845 e. The summed E-state index contributed by atoms with van der Waals surface area (Å²) < 4.78 is 2.90. The van der Waals surface area contributed by atoms with Gasteiger partial charge in [-0.1, -0.05) is 23.7 Å². The van der Waals surface area contributed by atoms with E-state index < -0.39 is 6.10 Å². The van der Waals surface area contributed by atoms with Crippen LogP contribution in [0.5, 0.6) is 0 Å². The zero-order valence-corrected chi connectivity index (χ0v) is 14.2. The van der Waals surface area contributed by atoms with Crippen molar-refractivity contribution >= 4 is 27.5 Å². The second-order valence-corrected chi connectivity index (χ2v) is 6.09. The van der Waals surface area contributed by atoms with Crippen molar-refractivity contribution in [3.05, 3.63) is 50.2 Å². The summed E-state index contributed by atoms with van der Waals surface area (Å²) in [5.41, 5.74) is 3.81. The van der Waals surface area contributed by atoms with Crippen molar-refractivity contribution in [3.8, 4) is 0 Å². The summed E-state index contributed by atoms with van der Waals surface area (Å²) in [5, 5.41) is 15.6. The Morgan fingerprint density at radius 1 is 1.40 bits per heavy atom.